The van der Waals surface area contributed by atoms with Gasteiger partial charge in [0.2, 0.25) is 0 Å². The third-order valence-electron chi connectivity index (χ3n) is 5.65. The van der Waals surface area contributed by atoms with Gasteiger partial charge in [-0.1, -0.05) is 97.1 Å². The molecule has 0 spiro atoms. The number of benzene rings is 3. The minimum atomic E-state index is -0.131. The number of aliphatic hydroxyl groups is 1. The molecule has 3 aromatic carbocycles. The second-order valence-corrected chi connectivity index (χ2v) is 8.45. The highest BCUT2D eigenvalue weighted by molar-refractivity contribution is 7.10. The lowest BCUT2D eigenvalue weighted by molar-refractivity contribution is 0.0617. The van der Waals surface area contributed by atoms with Gasteiger partial charge in [-0.05, 0) is 35.1 Å². The molecule has 0 saturated heterocycles. The van der Waals surface area contributed by atoms with Crippen LogP contribution in [0, 0.1) is 0 Å². The van der Waals surface area contributed by atoms with E-state index in [0.29, 0.717) is 0 Å². The van der Waals surface area contributed by atoms with Crippen molar-refractivity contribution in [1.29, 1.82) is 0 Å². The largest absolute Gasteiger partial charge is 0.394 e. The molecule has 0 aliphatic heterocycles. The van der Waals surface area contributed by atoms with Crippen LogP contribution >= 0.6 is 11.3 Å². The average molecular weight is 414 g/mol. The van der Waals surface area contributed by atoms with Crippen LogP contribution in [-0.2, 0) is 0 Å². The molecule has 4 aromatic rings. The number of hydrogen-bond donors (Lipinski definition) is 1. The Kier molecular flexibility index (Phi) is 6.75. The third kappa shape index (κ3) is 4.39. The smallest absolute Gasteiger partial charge is 0.0629 e. The van der Waals surface area contributed by atoms with E-state index < -0.39 is 0 Å². The van der Waals surface area contributed by atoms with E-state index in [-0.39, 0.29) is 24.7 Å². The number of thiophene rings is 1. The van der Waals surface area contributed by atoms with Crippen LogP contribution in [0.25, 0.3) is 0 Å². The molecule has 0 radical (unpaired) electrons. The second kappa shape index (κ2) is 9.86. The minimum Gasteiger partial charge on any atom is -0.394 e. The summed E-state index contributed by atoms with van der Waals surface area (Å²) < 4.78 is 0. The van der Waals surface area contributed by atoms with Crippen LogP contribution in [0.5, 0.6) is 0 Å². The maximum absolute atomic E-state index is 10.6. The van der Waals surface area contributed by atoms with Crippen LogP contribution in [0.15, 0.2) is 109 Å². The Morgan fingerprint density at radius 2 is 1.20 bits per heavy atom. The maximum Gasteiger partial charge on any atom is 0.0629 e. The van der Waals surface area contributed by atoms with Gasteiger partial charge in [-0.2, -0.15) is 0 Å². The van der Waals surface area contributed by atoms with Crippen LogP contribution in [0.1, 0.15) is 46.6 Å². The lowest BCUT2D eigenvalue weighted by Crippen LogP contribution is -2.37. The van der Waals surface area contributed by atoms with E-state index in [1.54, 1.807) is 11.3 Å². The van der Waals surface area contributed by atoms with E-state index in [1.165, 1.54) is 16.0 Å². The van der Waals surface area contributed by atoms with Gasteiger partial charge in [-0.25, -0.2) is 0 Å². The molecule has 1 heterocycles. The monoisotopic (exact) mass is 413 g/mol. The topological polar surface area (TPSA) is 23.5 Å². The molecule has 2 nitrogen and oxygen atoms in total. The quantitative estimate of drug-likeness (QED) is 0.350. The molecule has 1 aromatic heterocycles. The fourth-order valence-electron chi connectivity index (χ4n) is 4.20. The summed E-state index contributed by atoms with van der Waals surface area (Å²) in [5, 5.41) is 12.7. The molecule has 0 aliphatic carbocycles. The van der Waals surface area contributed by atoms with Crippen molar-refractivity contribution in [2.45, 2.75) is 25.0 Å². The van der Waals surface area contributed by atoms with Crippen molar-refractivity contribution >= 4 is 11.3 Å². The van der Waals surface area contributed by atoms with E-state index in [0.717, 1.165) is 5.56 Å². The molecule has 2 atom stereocenters. The zero-order chi connectivity index (χ0) is 20.8. The van der Waals surface area contributed by atoms with Crippen molar-refractivity contribution < 1.29 is 5.11 Å². The normalized spacial score (nSPS) is 13.5. The second-order valence-electron chi connectivity index (χ2n) is 7.47. The molecule has 0 fully saturated rings. The van der Waals surface area contributed by atoms with Gasteiger partial charge in [0.1, 0.15) is 0 Å². The van der Waals surface area contributed by atoms with Crippen molar-refractivity contribution in [3.63, 3.8) is 0 Å². The van der Waals surface area contributed by atoms with Crippen molar-refractivity contribution in [3.05, 3.63) is 130 Å². The highest BCUT2D eigenvalue weighted by atomic mass is 32.1. The van der Waals surface area contributed by atoms with Crippen molar-refractivity contribution in [3.8, 4) is 0 Å². The highest BCUT2D eigenvalue weighted by Gasteiger charge is 2.34. The predicted octanol–water partition coefficient (Wildman–Crippen LogP) is 6.63. The standard InChI is InChI=1S/C27H27NOS/c1-21(26-18-11-19-30-26)28(25(20-29)22-12-5-2-6-13-22)27(23-14-7-3-8-15-23)24-16-9-4-10-17-24/h2-19,21,25,27,29H,20H2,1H3/t21-,25-/m0/s1. The molecule has 0 bridgehead atoms. The van der Waals surface area contributed by atoms with Gasteiger partial charge in [-0.3, -0.25) is 4.90 Å². The Morgan fingerprint density at radius 1 is 0.700 bits per heavy atom. The summed E-state index contributed by atoms with van der Waals surface area (Å²) in [6.45, 7) is 2.30. The lowest BCUT2D eigenvalue weighted by Gasteiger charge is -2.42. The number of nitrogens with zero attached hydrogens (tertiary/aromatic N) is 1. The Bertz CT molecular complexity index is 963. The first kappa shape index (κ1) is 20.5. The summed E-state index contributed by atoms with van der Waals surface area (Å²) in [7, 11) is 0. The molecule has 3 heteroatoms. The molecule has 0 aliphatic rings. The van der Waals surface area contributed by atoms with Crippen LogP contribution in [0.4, 0.5) is 0 Å². The van der Waals surface area contributed by atoms with Gasteiger partial charge in [0.05, 0.1) is 18.7 Å². The summed E-state index contributed by atoms with van der Waals surface area (Å²) in [5.41, 5.74) is 3.57. The van der Waals surface area contributed by atoms with E-state index in [1.807, 2.05) is 18.2 Å². The van der Waals surface area contributed by atoms with Gasteiger partial charge < -0.3 is 5.11 Å². The first-order valence-corrected chi connectivity index (χ1v) is 11.2. The predicted molar refractivity (Wildman–Crippen MR) is 126 cm³/mol. The zero-order valence-electron chi connectivity index (χ0n) is 17.1. The van der Waals surface area contributed by atoms with Gasteiger partial charge >= 0.3 is 0 Å². The molecule has 1 N–H and O–H groups in total. The van der Waals surface area contributed by atoms with Gasteiger partial charge in [0.15, 0.2) is 0 Å². The summed E-state index contributed by atoms with van der Waals surface area (Å²) in [5.74, 6) is 0. The van der Waals surface area contributed by atoms with E-state index in [2.05, 4.69) is 102 Å². The first-order valence-electron chi connectivity index (χ1n) is 10.4. The Morgan fingerprint density at radius 3 is 1.63 bits per heavy atom. The fourth-order valence-corrected chi connectivity index (χ4v) is 4.99. The highest BCUT2D eigenvalue weighted by Crippen LogP contribution is 2.42. The van der Waals surface area contributed by atoms with Crippen LogP contribution < -0.4 is 0 Å². The Balaban J connectivity index is 1.89. The van der Waals surface area contributed by atoms with E-state index in [9.17, 15) is 5.11 Å². The van der Waals surface area contributed by atoms with Crippen LogP contribution in [0.3, 0.4) is 0 Å². The van der Waals surface area contributed by atoms with E-state index >= 15 is 0 Å². The average Bonchev–Trinajstić information content (AvgIpc) is 3.36. The summed E-state index contributed by atoms with van der Waals surface area (Å²) in [6.07, 6.45) is 0. The van der Waals surface area contributed by atoms with Gasteiger partial charge in [0, 0.05) is 10.9 Å². The van der Waals surface area contributed by atoms with Crippen LogP contribution in [0.2, 0.25) is 0 Å². The molecule has 0 unspecified atom stereocenters. The summed E-state index contributed by atoms with van der Waals surface area (Å²) in [4.78, 5) is 3.76. The third-order valence-corrected chi connectivity index (χ3v) is 6.69. The molecular formula is C27H27NOS. The number of hydrogen-bond acceptors (Lipinski definition) is 3. The van der Waals surface area contributed by atoms with Gasteiger partial charge in [0.25, 0.3) is 0 Å². The number of rotatable bonds is 8. The zero-order valence-corrected chi connectivity index (χ0v) is 18.0. The summed E-state index contributed by atoms with van der Waals surface area (Å²) in [6, 6.07) is 35.9. The molecule has 4 rings (SSSR count). The Hall–Kier alpha value is -2.72. The van der Waals surface area contributed by atoms with Crippen molar-refractivity contribution in [2.24, 2.45) is 0 Å². The Labute approximate surface area is 183 Å². The number of aliphatic hydroxyl groups excluding tert-OH is 1. The SMILES string of the molecule is C[C@@H](c1cccs1)N(C(c1ccccc1)c1ccccc1)[C@@H](CO)c1ccccc1. The molecule has 0 amide bonds. The lowest BCUT2D eigenvalue weighted by atomic mass is 9.92. The van der Waals surface area contributed by atoms with E-state index in [4.69, 9.17) is 0 Å². The molecular weight excluding hydrogens is 386 g/mol. The van der Waals surface area contributed by atoms with Crippen LogP contribution in [-0.4, -0.2) is 16.6 Å². The molecule has 30 heavy (non-hydrogen) atoms. The summed E-state index contributed by atoms with van der Waals surface area (Å²) >= 11 is 1.77. The maximum atomic E-state index is 10.6. The first-order chi connectivity index (χ1) is 14.8. The van der Waals surface area contributed by atoms with Crippen molar-refractivity contribution in [2.75, 3.05) is 6.61 Å². The minimum absolute atomic E-state index is 0.0156. The fraction of sp³-hybridized carbons (Fsp3) is 0.185. The van der Waals surface area contributed by atoms with Gasteiger partial charge in [-0.15, -0.1) is 11.3 Å². The molecule has 152 valence electrons. The van der Waals surface area contributed by atoms with Crippen molar-refractivity contribution in [1.82, 2.24) is 4.90 Å². The molecule has 0 saturated carbocycles.